The fourth-order valence-corrected chi connectivity index (χ4v) is 1.36. The molecule has 1 aromatic carbocycles. The Morgan fingerprint density at radius 3 is 2.82 bits per heavy atom. The number of carbonyl (C=O) groups is 2. The number of rotatable bonds is 5. The minimum absolute atomic E-state index is 0.00131. The molecule has 0 aliphatic carbocycles. The third-order valence-electron chi connectivity index (χ3n) is 2.13. The van der Waals surface area contributed by atoms with Gasteiger partial charge in [0.2, 0.25) is 0 Å². The quantitative estimate of drug-likeness (QED) is 0.790. The molecule has 0 fully saturated rings. The third-order valence-corrected chi connectivity index (χ3v) is 2.13. The standard InChI is InChI=1S/C13H14O4/c1-17-13(16)7-3-5-10-4-2-6-11(8-10)9-12(14)15/h2-6,8H,7,9H2,1H3,(H,14,15). The zero-order valence-electron chi connectivity index (χ0n) is 9.55. The van der Waals surface area contributed by atoms with Gasteiger partial charge in [0, 0.05) is 0 Å². The fraction of sp³-hybridized carbons (Fsp3) is 0.231. The van der Waals surface area contributed by atoms with Crippen LogP contribution < -0.4 is 0 Å². The predicted molar refractivity (Wildman–Crippen MR) is 63.4 cm³/mol. The molecule has 4 nitrogen and oxygen atoms in total. The SMILES string of the molecule is COC(=O)CC=Cc1cccc(CC(=O)O)c1. The highest BCUT2D eigenvalue weighted by atomic mass is 16.5. The van der Waals surface area contributed by atoms with Gasteiger partial charge < -0.3 is 9.84 Å². The van der Waals surface area contributed by atoms with Gasteiger partial charge in [0.25, 0.3) is 0 Å². The van der Waals surface area contributed by atoms with E-state index < -0.39 is 5.97 Å². The molecule has 0 bridgehead atoms. The van der Waals surface area contributed by atoms with Crippen molar-refractivity contribution >= 4 is 18.0 Å². The van der Waals surface area contributed by atoms with E-state index in [2.05, 4.69) is 4.74 Å². The van der Waals surface area contributed by atoms with Crippen molar-refractivity contribution in [1.29, 1.82) is 0 Å². The number of ether oxygens (including phenoxy) is 1. The van der Waals surface area contributed by atoms with Gasteiger partial charge in [-0.25, -0.2) is 0 Å². The number of carboxylic acids is 1. The summed E-state index contributed by atoms with van der Waals surface area (Å²) >= 11 is 0. The molecule has 0 unspecified atom stereocenters. The van der Waals surface area contributed by atoms with Gasteiger partial charge in [-0.3, -0.25) is 9.59 Å². The Morgan fingerprint density at radius 1 is 1.41 bits per heavy atom. The maximum absolute atomic E-state index is 10.9. The molecule has 0 aliphatic heterocycles. The summed E-state index contributed by atoms with van der Waals surface area (Å²) < 4.78 is 4.50. The van der Waals surface area contributed by atoms with Gasteiger partial charge in [-0.1, -0.05) is 36.4 Å². The minimum Gasteiger partial charge on any atom is -0.481 e. The Balaban J connectivity index is 2.65. The van der Waals surface area contributed by atoms with E-state index in [1.807, 2.05) is 6.07 Å². The topological polar surface area (TPSA) is 63.6 Å². The first-order valence-corrected chi connectivity index (χ1v) is 5.16. The Labute approximate surface area is 99.5 Å². The van der Waals surface area contributed by atoms with Crippen LogP contribution in [-0.4, -0.2) is 24.2 Å². The second kappa shape index (κ2) is 6.48. The number of esters is 1. The molecule has 0 atom stereocenters. The van der Waals surface area contributed by atoms with Crippen LogP contribution in [-0.2, 0) is 20.7 Å². The molecule has 0 aromatic heterocycles. The number of hydrogen-bond donors (Lipinski definition) is 1. The maximum atomic E-state index is 10.9. The minimum atomic E-state index is -0.860. The van der Waals surface area contributed by atoms with Crippen molar-refractivity contribution in [2.24, 2.45) is 0 Å². The lowest BCUT2D eigenvalue weighted by Crippen LogP contribution is -1.99. The van der Waals surface area contributed by atoms with Gasteiger partial charge in [-0.15, -0.1) is 0 Å². The van der Waals surface area contributed by atoms with E-state index in [-0.39, 0.29) is 18.8 Å². The zero-order valence-corrected chi connectivity index (χ0v) is 9.55. The number of hydrogen-bond acceptors (Lipinski definition) is 3. The van der Waals surface area contributed by atoms with Crippen molar-refractivity contribution in [2.75, 3.05) is 7.11 Å². The van der Waals surface area contributed by atoms with Crippen LogP contribution in [0.2, 0.25) is 0 Å². The lowest BCUT2D eigenvalue weighted by Gasteiger charge is -1.99. The molecule has 0 radical (unpaired) electrons. The number of carbonyl (C=O) groups excluding carboxylic acids is 1. The smallest absolute Gasteiger partial charge is 0.309 e. The van der Waals surface area contributed by atoms with Crippen molar-refractivity contribution < 1.29 is 19.4 Å². The lowest BCUT2D eigenvalue weighted by atomic mass is 10.1. The van der Waals surface area contributed by atoms with Crippen LogP contribution in [0.1, 0.15) is 17.5 Å². The van der Waals surface area contributed by atoms with E-state index in [0.29, 0.717) is 0 Å². The summed E-state index contributed by atoms with van der Waals surface area (Å²) in [5.41, 5.74) is 1.60. The highest BCUT2D eigenvalue weighted by Crippen LogP contribution is 2.08. The molecule has 1 N–H and O–H groups in total. The summed E-state index contributed by atoms with van der Waals surface area (Å²) in [6.45, 7) is 0. The monoisotopic (exact) mass is 234 g/mol. The van der Waals surface area contributed by atoms with Crippen LogP contribution in [0.5, 0.6) is 0 Å². The molecule has 1 aromatic rings. The van der Waals surface area contributed by atoms with Crippen LogP contribution in [0.3, 0.4) is 0 Å². The number of methoxy groups -OCH3 is 1. The van der Waals surface area contributed by atoms with Crippen molar-refractivity contribution in [1.82, 2.24) is 0 Å². The van der Waals surface area contributed by atoms with E-state index in [1.54, 1.807) is 30.4 Å². The molecule has 0 heterocycles. The van der Waals surface area contributed by atoms with Gasteiger partial charge in [0.05, 0.1) is 20.0 Å². The molecule has 0 saturated carbocycles. The summed E-state index contributed by atoms with van der Waals surface area (Å²) in [6.07, 6.45) is 3.66. The fourth-order valence-electron chi connectivity index (χ4n) is 1.36. The summed E-state index contributed by atoms with van der Waals surface area (Å²) in [5, 5.41) is 8.66. The van der Waals surface area contributed by atoms with Crippen LogP contribution in [0.4, 0.5) is 0 Å². The summed E-state index contributed by atoms with van der Waals surface area (Å²) in [4.78, 5) is 21.4. The Kier molecular flexibility index (Phi) is 4.94. The van der Waals surface area contributed by atoms with Crippen molar-refractivity contribution in [3.63, 3.8) is 0 Å². The summed E-state index contributed by atoms with van der Waals surface area (Å²) in [5.74, 6) is -1.16. The molecule has 4 heteroatoms. The van der Waals surface area contributed by atoms with E-state index in [1.165, 1.54) is 7.11 Å². The van der Waals surface area contributed by atoms with Crippen LogP contribution in [0.25, 0.3) is 6.08 Å². The van der Waals surface area contributed by atoms with Crippen molar-refractivity contribution in [3.8, 4) is 0 Å². The third kappa shape index (κ3) is 4.97. The Bertz CT molecular complexity index is 435. The van der Waals surface area contributed by atoms with Crippen molar-refractivity contribution in [3.05, 3.63) is 41.5 Å². The Hall–Kier alpha value is -2.10. The predicted octanol–water partition coefficient (Wildman–Crippen LogP) is 1.89. The van der Waals surface area contributed by atoms with Crippen molar-refractivity contribution in [2.45, 2.75) is 12.8 Å². The molecule has 0 spiro atoms. The van der Waals surface area contributed by atoms with E-state index in [9.17, 15) is 9.59 Å². The molecule has 0 aliphatic rings. The number of carboxylic acid groups (broad SMARTS) is 1. The Morgan fingerprint density at radius 2 is 2.18 bits per heavy atom. The normalized spacial score (nSPS) is 10.4. The van der Waals surface area contributed by atoms with Gasteiger partial charge in [-0.2, -0.15) is 0 Å². The average molecular weight is 234 g/mol. The number of benzene rings is 1. The second-order valence-electron chi connectivity index (χ2n) is 3.50. The second-order valence-corrected chi connectivity index (χ2v) is 3.50. The molecule has 0 saturated heterocycles. The summed E-state index contributed by atoms with van der Waals surface area (Å²) in [7, 11) is 1.34. The van der Waals surface area contributed by atoms with Crippen LogP contribution in [0, 0.1) is 0 Å². The molecular weight excluding hydrogens is 220 g/mol. The first-order chi connectivity index (χ1) is 8.11. The molecular formula is C13H14O4. The molecule has 1 rings (SSSR count). The molecule has 17 heavy (non-hydrogen) atoms. The maximum Gasteiger partial charge on any atom is 0.309 e. The first-order valence-electron chi connectivity index (χ1n) is 5.16. The lowest BCUT2D eigenvalue weighted by molar-refractivity contribution is -0.139. The van der Waals surface area contributed by atoms with E-state index >= 15 is 0 Å². The summed E-state index contributed by atoms with van der Waals surface area (Å²) in [6, 6.07) is 7.17. The zero-order chi connectivity index (χ0) is 12.7. The van der Waals surface area contributed by atoms with Gasteiger partial charge >= 0.3 is 11.9 Å². The highest BCUT2D eigenvalue weighted by molar-refractivity contribution is 5.73. The average Bonchev–Trinajstić information content (AvgIpc) is 2.28. The van der Waals surface area contributed by atoms with Crippen LogP contribution in [0.15, 0.2) is 30.3 Å². The van der Waals surface area contributed by atoms with Gasteiger partial charge in [0.15, 0.2) is 0 Å². The first kappa shape index (κ1) is 13.0. The largest absolute Gasteiger partial charge is 0.481 e. The van der Waals surface area contributed by atoms with Crippen LogP contribution >= 0.6 is 0 Å². The van der Waals surface area contributed by atoms with E-state index in [4.69, 9.17) is 5.11 Å². The van der Waals surface area contributed by atoms with E-state index in [0.717, 1.165) is 11.1 Å². The molecule has 0 amide bonds. The highest BCUT2D eigenvalue weighted by Gasteiger charge is 2.00. The number of aliphatic carboxylic acids is 1. The van der Waals surface area contributed by atoms with Gasteiger partial charge in [0.1, 0.15) is 0 Å². The van der Waals surface area contributed by atoms with Gasteiger partial charge in [-0.05, 0) is 11.1 Å². The molecule has 90 valence electrons.